The van der Waals surface area contributed by atoms with Crippen LogP contribution in [0.1, 0.15) is 11.1 Å². The molecule has 2 rings (SSSR count). The lowest BCUT2D eigenvalue weighted by atomic mass is 9.76. The van der Waals surface area contributed by atoms with Crippen molar-refractivity contribution in [3.05, 3.63) is 69.5 Å². The SMILES string of the molecule is NCC(CO)(Cc1ccc(Cl)c(Cl)c1)c1cccc(F)c1. The van der Waals surface area contributed by atoms with Gasteiger partial charge in [-0.25, -0.2) is 4.39 Å². The standard InChI is InChI=1S/C16H16Cl2FNO/c17-14-5-4-11(6-15(14)18)8-16(9-20,10-21)12-2-1-3-13(19)7-12/h1-7,21H,8-10,20H2. The Morgan fingerprint density at radius 3 is 2.43 bits per heavy atom. The van der Waals surface area contributed by atoms with Crippen LogP contribution < -0.4 is 5.73 Å². The third-order valence-corrected chi connectivity index (χ3v) is 4.40. The van der Waals surface area contributed by atoms with Crippen molar-refractivity contribution in [1.82, 2.24) is 0 Å². The monoisotopic (exact) mass is 327 g/mol. The molecule has 0 heterocycles. The molecule has 0 aromatic heterocycles. The van der Waals surface area contributed by atoms with Gasteiger partial charge in [0, 0.05) is 12.0 Å². The normalized spacial score (nSPS) is 14.0. The highest BCUT2D eigenvalue weighted by atomic mass is 35.5. The van der Waals surface area contributed by atoms with Crippen LogP contribution in [-0.2, 0) is 11.8 Å². The molecule has 21 heavy (non-hydrogen) atoms. The maximum atomic E-state index is 13.5. The second-order valence-corrected chi connectivity index (χ2v) is 5.89. The first kappa shape index (κ1) is 16.2. The van der Waals surface area contributed by atoms with Gasteiger partial charge < -0.3 is 10.8 Å². The molecule has 2 nitrogen and oxygen atoms in total. The van der Waals surface area contributed by atoms with Crippen LogP contribution in [0.25, 0.3) is 0 Å². The zero-order valence-electron chi connectivity index (χ0n) is 11.3. The van der Waals surface area contributed by atoms with Crippen molar-refractivity contribution < 1.29 is 9.50 Å². The van der Waals surface area contributed by atoms with Crippen molar-refractivity contribution in [1.29, 1.82) is 0 Å². The Balaban J connectivity index is 2.40. The van der Waals surface area contributed by atoms with Gasteiger partial charge in [0.15, 0.2) is 0 Å². The van der Waals surface area contributed by atoms with Crippen molar-refractivity contribution >= 4 is 23.2 Å². The van der Waals surface area contributed by atoms with E-state index in [0.29, 0.717) is 22.0 Å². The van der Waals surface area contributed by atoms with Gasteiger partial charge in [0.05, 0.1) is 16.7 Å². The number of aliphatic hydroxyl groups is 1. The average molecular weight is 328 g/mol. The summed E-state index contributed by atoms with van der Waals surface area (Å²) >= 11 is 11.9. The second kappa shape index (κ2) is 6.75. The quantitative estimate of drug-likeness (QED) is 0.881. The summed E-state index contributed by atoms with van der Waals surface area (Å²) in [7, 11) is 0. The summed E-state index contributed by atoms with van der Waals surface area (Å²) in [5.41, 5.74) is 6.67. The van der Waals surface area contributed by atoms with Crippen LogP contribution in [0.5, 0.6) is 0 Å². The highest BCUT2D eigenvalue weighted by Crippen LogP contribution is 2.30. The Bertz CT molecular complexity index is 629. The molecule has 0 saturated heterocycles. The Kier molecular flexibility index (Phi) is 5.22. The van der Waals surface area contributed by atoms with Gasteiger partial charge in [-0.15, -0.1) is 0 Å². The predicted octanol–water partition coefficient (Wildman–Crippen LogP) is 3.56. The van der Waals surface area contributed by atoms with Gasteiger partial charge in [-0.05, 0) is 41.8 Å². The van der Waals surface area contributed by atoms with Gasteiger partial charge in [0.1, 0.15) is 5.82 Å². The number of hydrogen-bond acceptors (Lipinski definition) is 2. The Labute approximate surface area is 133 Å². The first-order valence-corrected chi connectivity index (χ1v) is 7.27. The molecule has 1 atom stereocenters. The molecule has 3 N–H and O–H groups in total. The molecule has 0 amide bonds. The third-order valence-electron chi connectivity index (χ3n) is 3.66. The first-order chi connectivity index (χ1) is 10.0. The van der Waals surface area contributed by atoms with E-state index in [1.165, 1.54) is 12.1 Å². The van der Waals surface area contributed by atoms with Crippen LogP contribution in [0, 0.1) is 5.82 Å². The van der Waals surface area contributed by atoms with Crippen molar-refractivity contribution in [2.45, 2.75) is 11.8 Å². The van der Waals surface area contributed by atoms with E-state index in [2.05, 4.69) is 0 Å². The fraction of sp³-hybridized carbons (Fsp3) is 0.250. The topological polar surface area (TPSA) is 46.2 Å². The third kappa shape index (κ3) is 3.55. The Morgan fingerprint density at radius 2 is 1.86 bits per heavy atom. The van der Waals surface area contributed by atoms with Crippen LogP contribution in [-0.4, -0.2) is 18.3 Å². The molecule has 0 spiro atoms. The molecular formula is C16H16Cl2FNO. The van der Waals surface area contributed by atoms with Crippen molar-refractivity contribution in [3.63, 3.8) is 0 Å². The number of rotatable bonds is 5. The lowest BCUT2D eigenvalue weighted by Crippen LogP contribution is -2.41. The highest BCUT2D eigenvalue weighted by molar-refractivity contribution is 6.42. The van der Waals surface area contributed by atoms with Gasteiger partial charge in [0.25, 0.3) is 0 Å². The predicted molar refractivity (Wildman–Crippen MR) is 84.4 cm³/mol. The maximum absolute atomic E-state index is 13.5. The van der Waals surface area contributed by atoms with E-state index in [0.717, 1.165) is 5.56 Å². The first-order valence-electron chi connectivity index (χ1n) is 6.52. The average Bonchev–Trinajstić information content (AvgIpc) is 2.48. The van der Waals surface area contributed by atoms with Crippen LogP contribution in [0.3, 0.4) is 0 Å². The molecule has 5 heteroatoms. The highest BCUT2D eigenvalue weighted by Gasteiger charge is 2.31. The minimum atomic E-state index is -0.751. The van der Waals surface area contributed by atoms with Crippen molar-refractivity contribution in [2.75, 3.05) is 13.2 Å². The molecule has 0 bridgehead atoms. The van der Waals surface area contributed by atoms with Gasteiger partial charge in [-0.2, -0.15) is 0 Å². The minimum absolute atomic E-state index is 0.187. The van der Waals surface area contributed by atoms with Gasteiger partial charge in [-0.1, -0.05) is 41.4 Å². The lowest BCUT2D eigenvalue weighted by molar-refractivity contribution is 0.195. The largest absolute Gasteiger partial charge is 0.395 e. The summed E-state index contributed by atoms with van der Waals surface area (Å²) in [4.78, 5) is 0. The zero-order chi connectivity index (χ0) is 15.5. The molecule has 0 radical (unpaired) electrons. The summed E-state index contributed by atoms with van der Waals surface area (Å²) in [6.45, 7) is 0.000394. The van der Waals surface area contributed by atoms with E-state index in [1.807, 2.05) is 6.07 Å². The van der Waals surface area contributed by atoms with Crippen molar-refractivity contribution in [3.8, 4) is 0 Å². The van der Waals surface area contributed by atoms with Gasteiger partial charge in [-0.3, -0.25) is 0 Å². The number of aliphatic hydroxyl groups excluding tert-OH is 1. The van der Waals surface area contributed by atoms with Crippen LogP contribution >= 0.6 is 23.2 Å². The molecular weight excluding hydrogens is 312 g/mol. The summed E-state index contributed by atoms with van der Waals surface area (Å²) in [5, 5.41) is 10.8. The van der Waals surface area contributed by atoms with E-state index in [4.69, 9.17) is 28.9 Å². The summed E-state index contributed by atoms with van der Waals surface area (Å²) in [6.07, 6.45) is 0.445. The molecule has 0 aliphatic rings. The van der Waals surface area contributed by atoms with E-state index < -0.39 is 5.41 Å². The molecule has 1 unspecified atom stereocenters. The summed E-state index contributed by atoms with van der Waals surface area (Å²) in [5.74, 6) is -0.354. The fourth-order valence-corrected chi connectivity index (χ4v) is 2.68. The minimum Gasteiger partial charge on any atom is -0.395 e. The zero-order valence-corrected chi connectivity index (χ0v) is 12.8. The number of nitrogens with two attached hydrogens (primary N) is 1. The molecule has 0 saturated carbocycles. The molecule has 0 aliphatic carbocycles. The van der Waals surface area contributed by atoms with Gasteiger partial charge >= 0.3 is 0 Å². The number of halogens is 3. The smallest absolute Gasteiger partial charge is 0.123 e. The number of benzene rings is 2. The van der Waals surface area contributed by atoms with E-state index in [9.17, 15) is 9.50 Å². The van der Waals surface area contributed by atoms with Crippen LogP contribution in [0.15, 0.2) is 42.5 Å². The van der Waals surface area contributed by atoms with Crippen molar-refractivity contribution in [2.24, 2.45) is 5.73 Å². The van der Waals surface area contributed by atoms with E-state index in [1.54, 1.807) is 24.3 Å². The van der Waals surface area contributed by atoms with E-state index in [-0.39, 0.29) is 19.0 Å². The molecule has 0 aliphatic heterocycles. The lowest BCUT2D eigenvalue weighted by Gasteiger charge is -2.31. The van der Waals surface area contributed by atoms with Crippen LogP contribution in [0.2, 0.25) is 10.0 Å². The summed E-state index contributed by atoms with van der Waals surface area (Å²) < 4.78 is 13.5. The molecule has 0 fully saturated rings. The Morgan fingerprint density at radius 1 is 1.10 bits per heavy atom. The number of hydrogen-bond donors (Lipinski definition) is 2. The maximum Gasteiger partial charge on any atom is 0.123 e. The fourth-order valence-electron chi connectivity index (χ4n) is 2.36. The Hall–Kier alpha value is -1.13. The second-order valence-electron chi connectivity index (χ2n) is 5.08. The molecule has 112 valence electrons. The molecule has 2 aromatic rings. The molecule has 2 aromatic carbocycles. The summed E-state index contributed by atoms with van der Waals surface area (Å²) in [6, 6.07) is 11.4. The van der Waals surface area contributed by atoms with E-state index >= 15 is 0 Å². The van der Waals surface area contributed by atoms with Crippen LogP contribution in [0.4, 0.5) is 4.39 Å². The van der Waals surface area contributed by atoms with Gasteiger partial charge in [0.2, 0.25) is 0 Å².